The van der Waals surface area contributed by atoms with Crippen molar-refractivity contribution in [1.29, 1.82) is 0 Å². The molecule has 0 radical (unpaired) electrons. The molecule has 0 atom stereocenters. The van der Waals surface area contributed by atoms with Gasteiger partial charge in [0.25, 0.3) is 0 Å². The van der Waals surface area contributed by atoms with Crippen molar-refractivity contribution in [3.05, 3.63) is 40.0 Å². The summed E-state index contributed by atoms with van der Waals surface area (Å²) < 4.78 is 0. The third-order valence-electron chi connectivity index (χ3n) is 2.96. The molecule has 0 unspecified atom stereocenters. The molecule has 0 aliphatic rings. The van der Waals surface area contributed by atoms with Crippen LogP contribution in [0, 0.1) is 20.8 Å². The second kappa shape index (κ2) is 4.92. The highest BCUT2D eigenvalue weighted by molar-refractivity contribution is 6.30. The minimum atomic E-state index is 0.645. The summed E-state index contributed by atoms with van der Waals surface area (Å²) >= 11 is 5.95. The summed E-state index contributed by atoms with van der Waals surface area (Å²) in [4.78, 5) is 8.91. The minimum absolute atomic E-state index is 0.645. The fourth-order valence-electron chi connectivity index (χ4n) is 1.77. The summed E-state index contributed by atoms with van der Waals surface area (Å²) in [5, 5.41) is 0.706. The van der Waals surface area contributed by atoms with Crippen molar-refractivity contribution in [3.8, 4) is 11.4 Å². The van der Waals surface area contributed by atoms with Crippen molar-refractivity contribution in [2.75, 3.05) is 5.43 Å². The first-order valence-corrected chi connectivity index (χ1v) is 5.99. The topological polar surface area (TPSA) is 63.8 Å². The van der Waals surface area contributed by atoms with E-state index in [0.29, 0.717) is 16.7 Å². The largest absolute Gasteiger partial charge is 0.308 e. The van der Waals surface area contributed by atoms with Gasteiger partial charge >= 0.3 is 0 Å². The molecule has 5 heteroatoms. The number of anilines is 1. The van der Waals surface area contributed by atoms with Gasteiger partial charge < -0.3 is 5.43 Å². The molecule has 4 nitrogen and oxygen atoms in total. The van der Waals surface area contributed by atoms with Crippen molar-refractivity contribution >= 4 is 17.4 Å². The van der Waals surface area contributed by atoms with Crippen molar-refractivity contribution in [2.24, 2.45) is 5.84 Å². The Kier molecular flexibility index (Phi) is 3.50. The number of nitrogens with one attached hydrogen (secondary N) is 1. The molecule has 0 saturated carbocycles. The lowest BCUT2D eigenvalue weighted by atomic mass is 10.1. The predicted octanol–water partition coefficient (Wildman–Crippen LogP) is 3.01. The number of rotatable bonds is 2. The first-order chi connectivity index (χ1) is 8.52. The van der Waals surface area contributed by atoms with E-state index < -0.39 is 0 Å². The van der Waals surface area contributed by atoms with E-state index in [1.54, 1.807) is 0 Å². The van der Waals surface area contributed by atoms with Crippen molar-refractivity contribution in [3.63, 3.8) is 0 Å². The van der Waals surface area contributed by atoms with Crippen LogP contribution in [0.3, 0.4) is 0 Å². The maximum atomic E-state index is 5.95. The first kappa shape index (κ1) is 12.8. The van der Waals surface area contributed by atoms with Gasteiger partial charge in [0.1, 0.15) is 5.82 Å². The zero-order valence-corrected chi connectivity index (χ0v) is 11.3. The van der Waals surface area contributed by atoms with Crippen molar-refractivity contribution < 1.29 is 0 Å². The Morgan fingerprint density at radius 2 is 1.89 bits per heavy atom. The predicted molar refractivity (Wildman–Crippen MR) is 74.5 cm³/mol. The fraction of sp³-hybridized carbons (Fsp3) is 0.231. The number of benzene rings is 1. The Morgan fingerprint density at radius 3 is 2.50 bits per heavy atom. The number of nitrogen functional groups attached to an aromatic ring is 1. The highest BCUT2D eigenvalue weighted by atomic mass is 35.5. The van der Waals surface area contributed by atoms with Crippen LogP contribution in [0.25, 0.3) is 11.4 Å². The number of nitrogens with zero attached hydrogens (tertiary/aromatic N) is 2. The summed E-state index contributed by atoms with van der Waals surface area (Å²) in [6.45, 7) is 5.85. The third kappa shape index (κ3) is 2.30. The normalized spacial score (nSPS) is 10.5. The van der Waals surface area contributed by atoms with Crippen LogP contribution < -0.4 is 11.3 Å². The monoisotopic (exact) mass is 262 g/mol. The van der Waals surface area contributed by atoms with E-state index in [4.69, 9.17) is 17.4 Å². The molecular weight excluding hydrogens is 248 g/mol. The molecule has 0 saturated heterocycles. The van der Waals surface area contributed by atoms with E-state index in [-0.39, 0.29) is 0 Å². The number of hydrazine groups is 1. The highest BCUT2D eigenvalue weighted by Crippen LogP contribution is 2.25. The van der Waals surface area contributed by atoms with Crippen LogP contribution in [0.5, 0.6) is 0 Å². The van der Waals surface area contributed by atoms with Crippen molar-refractivity contribution in [2.45, 2.75) is 20.8 Å². The quantitative estimate of drug-likeness (QED) is 0.645. The van der Waals surface area contributed by atoms with Crippen LogP contribution in [0.1, 0.15) is 16.8 Å². The Labute approximate surface area is 111 Å². The van der Waals surface area contributed by atoms with Gasteiger partial charge in [-0.3, -0.25) is 0 Å². The lowest BCUT2D eigenvalue weighted by molar-refractivity contribution is 1.05. The Hall–Kier alpha value is -1.65. The van der Waals surface area contributed by atoms with E-state index in [1.807, 2.05) is 39.0 Å². The average Bonchev–Trinajstić information content (AvgIpc) is 2.32. The summed E-state index contributed by atoms with van der Waals surface area (Å²) in [7, 11) is 0. The second-order valence-electron chi connectivity index (χ2n) is 4.21. The molecule has 18 heavy (non-hydrogen) atoms. The minimum Gasteiger partial charge on any atom is -0.308 e. The molecule has 0 amide bonds. The van der Waals surface area contributed by atoms with Gasteiger partial charge in [0.05, 0.1) is 0 Å². The lowest BCUT2D eigenvalue weighted by Gasteiger charge is -2.11. The lowest BCUT2D eigenvalue weighted by Crippen LogP contribution is -2.12. The third-order valence-corrected chi connectivity index (χ3v) is 3.19. The molecule has 1 heterocycles. The summed E-state index contributed by atoms with van der Waals surface area (Å²) in [5.74, 6) is 6.77. The molecule has 3 N–H and O–H groups in total. The summed E-state index contributed by atoms with van der Waals surface area (Å²) in [6.07, 6.45) is 0. The molecule has 2 rings (SSSR count). The van der Waals surface area contributed by atoms with Gasteiger partial charge in [-0.2, -0.15) is 0 Å². The van der Waals surface area contributed by atoms with E-state index in [1.165, 1.54) is 0 Å². The molecule has 94 valence electrons. The maximum Gasteiger partial charge on any atom is 0.162 e. The van der Waals surface area contributed by atoms with Gasteiger partial charge in [0.2, 0.25) is 0 Å². The van der Waals surface area contributed by atoms with Gasteiger partial charge in [-0.05, 0) is 44.5 Å². The number of hydrogen-bond donors (Lipinski definition) is 2. The van der Waals surface area contributed by atoms with E-state index >= 15 is 0 Å². The molecule has 0 bridgehead atoms. The second-order valence-corrected chi connectivity index (χ2v) is 4.65. The van der Waals surface area contributed by atoms with Crippen LogP contribution in [-0.4, -0.2) is 9.97 Å². The van der Waals surface area contributed by atoms with Gasteiger partial charge in [-0.1, -0.05) is 11.6 Å². The number of aromatic nitrogens is 2. The zero-order chi connectivity index (χ0) is 13.3. The fourth-order valence-corrected chi connectivity index (χ4v) is 1.99. The number of hydrogen-bond acceptors (Lipinski definition) is 4. The smallest absolute Gasteiger partial charge is 0.162 e. The van der Waals surface area contributed by atoms with Crippen LogP contribution >= 0.6 is 11.6 Å². The van der Waals surface area contributed by atoms with Crippen LogP contribution in [-0.2, 0) is 0 Å². The van der Waals surface area contributed by atoms with Crippen molar-refractivity contribution in [1.82, 2.24) is 9.97 Å². The Balaban J connectivity index is 2.60. The van der Waals surface area contributed by atoms with E-state index in [9.17, 15) is 0 Å². The summed E-state index contributed by atoms with van der Waals surface area (Å²) in [5.41, 5.74) is 6.45. The molecule has 1 aromatic carbocycles. The van der Waals surface area contributed by atoms with Gasteiger partial charge in [0, 0.05) is 21.8 Å². The Bertz CT molecular complexity index is 596. The SMILES string of the molecule is Cc1cc(Cl)ccc1-c1nc(C)c(C)c(NN)n1. The molecule has 0 aliphatic carbocycles. The molecule has 0 fully saturated rings. The number of nitrogens with two attached hydrogens (primary N) is 1. The first-order valence-electron chi connectivity index (χ1n) is 5.61. The number of halogens is 1. The van der Waals surface area contributed by atoms with Crippen LogP contribution in [0.2, 0.25) is 5.02 Å². The summed E-state index contributed by atoms with van der Waals surface area (Å²) in [6, 6.07) is 5.64. The molecule has 0 aliphatic heterocycles. The maximum absolute atomic E-state index is 5.95. The zero-order valence-electron chi connectivity index (χ0n) is 10.6. The Morgan fingerprint density at radius 1 is 1.17 bits per heavy atom. The van der Waals surface area contributed by atoms with E-state index in [2.05, 4.69) is 15.4 Å². The van der Waals surface area contributed by atoms with Gasteiger partial charge in [-0.25, -0.2) is 15.8 Å². The van der Waals surface area contributed by atoms with Gasteiger partial charge in [-0.15, -0.1) is 0 Å². The molecule has 1 aromatic heterocycles. The molecular formula is C13H15ClN4. The van der Waals surface area contributed by atoms with Crippen LogP contribution in [0.4, 0.5) is 5.82 Å². The average molecular weight is 263 g/mol. The van der Waals surface area contributed by atoms with E-state index in [0.717, 1.165) is 22.4 Å². The van der Waals surface area contributed by atoms with Gasteiger partial charge in [0.15, 0.2) is 5.82 Å². The molecule has 2 aromatic rings. The highest BCUT2D eigenvalue weighted by Gasteiger charge is 2.10. The standard InChI is InChI=1S/C13H15ClN4/c1-7-6-10(14)4-5-11(7)13-16-9(3)8(2)12(17-13)18-15/h4-6H,15H2,1-3H3,(H,16,17,18). The van der Waals surface area contributed by atoms with Crippen LogP contribution in [0.15, 0.2) is 18.2 Å². The number of aryl methyl sites for hydroxylation is 2. The molecule has 0 spiro atoms.